The van der Waals surface area contributed by atoms with E-state index in [4.69, 9.17) is 4.74 Å². The molecule has 1 aliphatic carbocycles. The van der Waals surface area contributed by atoms with Gasteiger partial charge in [0, 0.05) is 12.7 Å². The lowest BCUT2D eigenvalue weighted by Gasteiger charge is -2.41. The number of carbonyl (C=O) groups is 3. The fraction of sp³-hybridized carbons (Fsp3) is 0.500. The second-order valence-corrected chi connectivity index (χ2v) is 6.27. The molecule has 130 valence electrons. The third-order valence-corrected chi connectivity index (χ3v) is 4.70. The van der Waals surface area contributed by atoms with Gasteiger partial charge in [-0.15, -0.1) is 0 Å². The number of benzene rings is 1. The number of esters is 1. The van der Waals surface area contributed by atoms with Crippen LogP contribution < -0.4 is 5.32 Å². The Labute approximate surface area is 142 Å². The summed E-state index contributed by atoms with van der Waals surface area (Å²) in [4.78, 5) is 38.4. The first-order valence-electron chi connectivity index (χ1n) is 8.15. The number of likely N-dealkylation sites (N-methyl/N-ethyl adjacent to an activating group) is 1. The van der Waals surface area contributed by atoms with Crippen LogP contribution in [0.4, 0.5) is 5.69 Å². The van der Waals surface area contributed by atoms with E-state index >= 15 is 0 Å². The van der Waals surface area contributed by atoms with E-state index in [2.05, 4.69) is 5.32 Å². The van der Waals surface area contributed by atoms with Gasteiger partial charge >= 0.3 is 17.8 Å². The highest BCUT2D eigenvalue weighted by atomic mass is 16.5. The zero-order valence-corrected chi connectivity index (χ0v) is 14.4. The van der Waals surface area contributed by atoms with Gasteiger partial charge in [0.15, 0.2) is 0 Å². The van der Waals surface area contributed by atoms with E-state index in [0.29, 0.717) is 18.5 Å². The Kier molecular flexibility index (Phi) is 5.59. The topological polar surface area (TPSA) is 75.7 Å². The summed E-state index contributed by atoms with van der Waals surface area (Å²) in [5.41, 5.74) is 0.556. The van der Waals surface area contributed by atoms with Gasteiger partial charge in [-0.05, 0) is 31.9 Å². The minimum atomic E-state index is -1.05. The lowest BCUT2D eigenvalue weighted by Crippen LogP contribution is -2.58. The minimum Gasteiger partial charge on any atom is -0.467 e. The van der Waals surface area contributed by atoms with Gasteiger partial charge in [-0.2, -0.15) is 0 Å². The minimum absolute atomic E-state index is 0.457. The molecule has 0 aromatic heterocycles. The van der Waals surface area contributed by atoms with Gasteiger partial charge in [-0.3, -0.25) is 9.59 Å². The molecule has 0 unspecified atom stereocenters. The molecule has 2 amide bonds. The van der Waals surface area contributed by atoms with Crippen LogP contribution in [0.2, 0.25) is 0 Å². The quantitative estimate of drug-likeness (QED) is 0.680. The number of amides is 2. The SMILES string of the molecule is COC(=O)C1(N(C)C(=O)C(=O)Nc2ccc(C)cc2)CCCCC1. The van der Waals surface area contributed by atoms with Crippen LogP contribution in [0, 0.1) is 6.92 Å². The third-order valence-electron chi connectivity index (χ3n) is 4.70. The Morgan fingerprint density at radius 3 is 2.21 bits per heavy atom. The second-order valence-electron chi connectivity index (χ2n) is 6.27. The normalized spacial score (nSPS) is 16.1. The molecule has 0 atom stereocenters. The largest absolute Gasteiger partial charge is 0.467 e. The first kappa shape index (κ1) is 18.0. The van der Waals surface area contributed by atoms with E-state index in [1.807, 2.05) is 19.1 Å². The molecular formula is C18H24N2O4. The number of ether oxygens (including phenoxy) is 1. The third kappa shape index (κ3) is 3.58. The van der Waals surface area contributed by atoms with Crippen molar-refractivity contribution in [2.24, 2.45) is 0 Å². The van der Waals surface area contributed by atoms with Gasteiger partial charge in [0.1, 0.15) is 5.54 Å². The summed E-state index contributed by atoms with van der Waals surface area (Å²) in [6.45, 7) is 1.94. The van der Waals surface area contributed by atoms with Crippen LogP contribution in [0.5, 0.6) is 0 Å². The molecule has 0 saturated heterocycles. The molecule has 1 aliphatic rings. The Morgan fingerprint density at radius 1 is 1.08 bits per heavy atom. The average Bonchev–Trinajstić information content (AvgIpc) is 2.62. The predicted molar refractivity (Wildman–Crippen MR) is 90.4 cm³/mol. The van der Waals surface area contributed by atoms with E-state index < -0.39 is 23.3 Å². The number of methoxy groups -OCH3 is 1. The average molecular weight is 332 g/mol. The number of aryl methyl sites for hydroxylation is 1. The smallest absolute Gasteiger partial charge is 0.331 e. The van der Waals surface area contributed by atoms with Gasteiger partial charge < -0.3 is 15.0 Å². The summed E-state index contributed by atoms with van der Waals surface area (Å²) in [5, 5.41) is 2.58. The van der Waals surface area contributed by atoms with Crippen molar-refractivity contribution in [2.75, 3.05) is 19.5 Å². The molecule has 1 aromatic carbocycles. The molecule has 0 spiro atoms. The van der Waals surface area contributed by atoms with Crippen molar-refractivity contribution in [3.8, 4) is 0 Å². The zero-order chi connectivity index (χ0) is 17.7. The van der Waals surface area contributed by atoms with Crippen molar-refractivity contribution in [2.45, 2.75) is 44.6 Å². The molecule has 0 bridgehead atoms. The van der Waals surface area contributed by atoms with Crippen LogP contribution in [0.25, 0.3) is 0 Å². The van der Waals surface area contributed by atoms with Crippen LogP contribution in [0.3, 0.4) is 0 Å². The van der Waals surface area contributed by atoms with Crippen LogP contribution >= 0.6 is 0 Å². The number of anilines is 1. The van der Waals surface area contributed by atoms with Crippen LogP contribution in [-0.4, -0.2) is 42.4 Å². The maximum absolute atomic E-state index is 12.5. The standard InChI is InChI=1S/C18H24N2O4/c1-13-7-9-14(10-8-13)19-15(21)16(22)20(2)18(17(23)24-3)11-5-4-6-12-18/h7-10H,4-6,11-12H2,1-3H3,(H,19,21). The monoisotopic (exact) mass is 332 g/mol. The molecule has 1 N–H and O–H groups in total. The van der Waals surface area contributed by atoms with Gasteiger partial charge in [0.25, 0.3) is 0 Å². The van der Waals surface area contributed by atoms with Gasteiger partial charge in [-0.25, -0.2) is 4.79 Å². The molecule has 24 heavy (non-hydrogen) atoms. The lowest BCUT2D eigenvalue weighted by atomic mass is 9.80. The van der Waals surface area contributed by atoms with E-state index in [0.717, 1.165) is 24.8 Å². The molecule has 0 heterocycles. The van der Waals surface area contributed by atoms with Crippen molar-refractivity contribution in [3.05, 3.63) is 29.8 Å². The second kappa shape index (κ2) is 7.47. The summed E-state index contributed by atoms with van der Waals surface area (Å²) < 4.78 is 4.91. The number of hydrogen-bond donors (Lipinski definition) is 1. The molecule has 1 saturated carbocycles. The van der Waals surface area contributed by atoms with E-state index in [1.165, 1.54) is 19.1 Å². The predicted octanol–water partition coefficient (Wildman–Crippen LogP) is 2.27. The maximum atomic E-state index is 12.5. The fourth-order valence-electron chi connectivity index (χ4n) is 3.17. The molecule has 0 radical (unpaired) electrons. The molecule has 1 fully saturated rings. The van der Waals surface area contributed by atoms with Gasteiger partial charge in [0.05, 0.1) is 7.11 Å². The summed E-state index contributed by atoms with van der Waals surface area (Å²) in [5.74, 6) is -1.95. The van der Waals surface area contributed by atoms with Crippen molar-refractivity contribution in [1.29, 1.82) is 0 Å². The zero-order valence-electron chi connectivity index (χ0n) is 14.4. The Morgan fingerprint density at radius 2 is 1.67 bits per heavy atom. The Bertz CT molecular complexity index is 618. The Hall–Kier alpha value is -2.37. The Balaban J connectivity index is 2.14. The summed E-state index contributed by atoms with van der Waals surface area (Å²) in [6.07, 6.45) is 3.69. The first-order chi connectivity index (χ1) is 11.4. The highest BCUT2D eigenvalue weighted by molar-refractivity contribution is 6.40. The maximum Gasteiger partial charge on any atom is 0.331 e. The van der Waals surface area contributed by atoms with E-state index in [1.54, 1.807) is 12.1 Å². The molecule has 6 heteroatoms. The molecule has 6 nitrogen and oxygen atoms in total. The summed E-state index contributed by atoms with van der Waals surface area (Å²) in [7, 11) is 2.81. The molecule has 2 rings (SSSR count). The summed E-state index contributed by atoms with van der Waals surface area (Å²) >= 11 is 0. The van der Waals surface area contributed by atoms with Crippen molar-refractivity contribution in [3.63, 3.8) is 0 Å². The van der Waals surface area contributed by atoms with Crippen LogP contribution in [0.1, 0.15) is 37.7 Å². The number of carbonyl (C=O) groups excluding carboxylic acids is 3. The molecular weight excluding hydrogens is 308 g/mol. The van der Waals surface area contributed by atoms with Crippen LogP contribution in [-0.2, 0) is 19.1 Å². The van der Waals surface area contributed by atoms with Gasteiger partial charge in [-0.1, -0.05) is 37.0 Å². The summed E-state index contributed by atoms with van der Waals surface area (Å²) in [6, 6.07) is 7.16. The highest BCUT2D eigenvalue weighted by Crippen LogP contribution is 2.34. The fourth-order valence-corrected chi connectivity index (χ4v) is 3.17. The number of rotatable bonds is 3. The van der Waals surface area contributed by atoms with Crippen molar-refractivity contribution in [1.82, 2.24) is 4.90 Å². The number of nitrogens with zero attached hydrogens (tertiary/aromatic N) is 1. The number of nitrogens with one attached hydrogen (secondary N) is 1. The molecule has 1 aromatic rings. The van der Waals surface area contributed by atoms with Crippen LogP contribution in [0.15, 0.2) is 24.3 Å². The highest BCUT2D eigenvalue weighted by Gasteiger charge is 2.47. The van der Waals surface area contributed by atoms with Crippen molar-refractivity contribution >= 4 is 23.5 Å². The molecule has 0 aliphatic heterocycles. The van der Waals surface area contributed by atoms with Gasteiger partial charge in [0.2, 0.25) is 0 Å². The van der Waals surface area contributed by atoms with E-state index in [-0.39, 0.29) is 0 Å². The first-order valence-corrected chi connectivity index (χ1v) is 8.15. The number of hydrogen-bond acceptors (Lipinski definition) is 4. The van der Waals surface area contributed by atoms with E-state index in [9.17, 15) is 14.4 Å². The lowest BCUT2D eigenvalue weighted by molar-refractivity contribution is -0.164. The van der Waals surface area contributed by atoms with Crippen molar-refractivity contribution < 1.29 is 19.1 Å².